The molecule has 0 bridgehead atoms. The number of aliphatic imine (C=N–C) groups is 1. The number of rotatable bonds is 2. The average molecular weight is 296 g/mol. The molecule has 3 nitrogen and oxygen atoms in total. The highest BCUT2D eigenvalue weighted by molar-refractivity contribution is 8.13. The number of aryl methyl sites for hydroxylation is 1. The van der Waals surface area contributed by atoms with Crippen molar-refractivity contribution < 1.29 is 5.11 Å². The van der Waals surface area contributed by atoms with Gasteiger partial charge in [0.05, 0.1) is 16.8 Å². The van der Waals surface area contributed by atoms with E-state index in [1.165, 1.54) is 11.8 Å². The Labute approximate surface area is 127 Å². The molecule has 0 amide bonds. The summed E-state index contributed by atoms with van der Waals surface area (Å²) in [6, 6.07) is 17.8. The monoisotopic (exact) mass is 296 g/mol. The lowest BCUT2D eigenvalue weighted by Gasteiger charge is -2.04. The van der Waals surface area contributed by atoms with Crippen LogP contribution in [0.4, 0.5) is 5.69 Å². The Bertz CT molecular complexity index is 806. The predicted molar refractivity (Wildman–Crippen MR) is 90.7 cm³/mol. The van der Waals surface area contributed by atoms with Crippen molar-refractivity contribution in [2.45, 2.75) is 0 Å². The predicted octanol–water partition coefficient (Wildman–Crippen LogP) is 4.33. The molecule has 2 aromatic carbocycles. The Kier molecular flexibility index (Phi) is 3.71. The first kappa shape index (κ1) is 13.8. The third kappa shape index (κ3) is 2.43. The molecule has 106 valence electrons. The van der Waals surface area contributed by atoms with E-state index >= 15 is 0 Å². The normalized spacial score (nSPS) is 12.0. The first-order valence-electron chi connectivity index (χ1n) is 6.67. The van der Waals surface area contributed by atoms with Gasteiger partial charge in [-0.05, 0) is 24.5 Å². The Morgan fingerprint density at radius 2 is 1.71 bits per heavy atom. The number of para-hydroxylation sites is 2. The van der Waals surface area contributed by atoms with E-state index in [1.807, 2.05) is 67.9 Å². The summed E-state index contributed by atoms with van der Waals surface area (Å²) in [6.45, 7) is 0. The summed E-state index contributed by atoms with van der Waals surface area (Å²) in [4.78, 5) is 4.68. The molecular formula is C17H16N2OS. The van der Waals surface area contributed by atoms with Gasteiger partial charge in [0, 0.05) is 12.4 Å². The van der Waals surface area contributed by atoms with Crippen molar-refractivity contribution >= 4 is 33.4 Å². The maximum Gasteiger partial charge on any atom is 0.202 e. The van der Waals surface area contributed by atoms with Crippen LogP contribution >= 0.6 is 11.8 Å². The molecule has 0 spiro atoms. The van der Waals surface area contributed by atoms with Gasteiger partial charge in [-0.3, -0.25) is 0 Å². The second kappa shape index (κ2) is 5.66. The standard InChI is InChI=1S/C17H16N2OS/c1-19-14-11-7-6-10-13(14)15(17(19)20)16(21-2)18-12-8-4-3-5-9-12/h3-11,20H,1-2H3. The molecule has 0 aliphatic rings. The highest BCUT2D eigenvalue weighted by Crippen LogP contribution is 2.34. The fraction of sp³-hybridized carbons (Fsp3) is 0.118. The second-order valence-electron chi connectivity index (χ2n) is 4.73. The molecule has 0 fully saturated rings. The minimum Gasteiger partial charge on any atom is -0.494 e. The van der Waals surface area contributed by atoms with Gasteiger partial charge in [-0.1, -0.05) is 36.4 Å². The average Bonchev–Trinajstić information content (AvgIpc) is 2.78. The van der Waals surface area contributed by atoms with Gasteiger partial charge in [-0.2, -0.15) is 0 Å². The van der Waals surface area contributed by atoms with Crippen LogP contribution < -0.4 is 0 Å². The van der Waals surface area contributed by atoms with Crippen LogP contribution in [0.25, 0.3) is 10.9 Å². The molecule has 1 heterocycles. The molecule has 0 unspecified atom stereocenters. The van der Waals surface area contributed by atoms with Gasteiger partial charge in [0.15, 0.2) is 0 Å². The Morgan fingerprint density at radius 1 is 1.05 bits per heavy atom. The SMILES string of the molecule is CSC(=Nc1ccccc1)c1c(O)n(C)c2ccccc12. The lowest BCUT2D eigenvalue weighted by Crippen LogP contribution is -1.94. The summed E-state index contributed by atoms with van der Waals surface area (Å²) in [7, 11) is 1.86. The van der Waals surface area contributed by atoms with Crippen molar-refractivity contribution in [3.05, 3.63) is 60.2 Å². The van der Waals surface area contributed by atoms with Crippen LogP contribution in [0, 0.1) is 0 Å². The molecule has 1 N–H and O–H groups in total. The summed E-state index contributed by atoms with van der Waals surface area (Å²) < 4.78 is 1.79. The van der Waals surface area contributed by atoms with Crippen LogP contribution in [0.1, 0.15) is 5.56 Å². The van der Waals surface area contributed by atoms with E-state index in [-0.39, 0.29) is 5.88 Å². The fourth-order valence-electron chi connectivity index (χ4n) is 2.41. The second-order valence-corrected chi connectivity index (χ2v) is 5.53. The van der Waals surface area contributed by atoms with E-state index in [9.17, 15) is 5.11 Å². The minimum atomic E-state index is 0.250. The highest BCUT2D eigenvalue weighted by atomic mass is 32.2. The van der Waals surface area contributed by atoms with Gasteiger partial charge in [0.1, 0.15) is 5.04 Å². The van der Waals surface area contributed by atoms with Crippen LogP contribution in [0.15, 0.2) is 59.6 Å². The van der Waals surface area contributed by atoms with Crippen molar-refractivity contribution in [3.8, 4) is 5.88 Å². The van der Waals surface area contributed by atoms with E-state index in [0.717, 1.165) is 27.2 Å². The molecule has 0 radical (unpaired) electrons. The van der Waals surface area contributed by atoms with Crippen molar-refractivity contribution in [2.75, 3.05) is 6.26 Å². The minimum absolute atomic E-state index is 0.250. The zero-order valence-corrected chi connectivity index (χ0v) is 12.8. The summed E-state index contributed by atoms with van der Waals surface area (Å²) in [5.74, 6) is 0.250. The van der Waals surface area contributed by atoms with E-state index < -0.39 is 0 Å². The van der Waals surface area contributed by atoms with Gasteiger partial charge in [-0.25, -0.2) is 4.99 Å². The third-order valence-electron chi connectivity index (χ3n) is 3.47. The number of hydrogen-bond acceptors (Lipinski definition) is 3. The zero-order valence-electron chi connectivity index (χ0n) is 11.9. The summed E-state index contributed by atoms with van der Waals surface area (Å²) in [5, 5.41) is 12.3. The lowest BCUT2D eigenvalue weighted by atomic mass is 10.2. The Hall–Kier alpha value is -2.20. The van der Waals surface area contributed by atoms with Crippen LogP contribution in [0.5, 0.6) is 5.88 Å². The van der Waals surface area contributed by atoms with Crippen LogP contribution in [0.3, 0.4) is 0 Å². The Morgan fingerprint density at radius 3 is 2.43 bits per heavy atom. The van der Waals surface area contributed by atoms with Crippen molar-refractivity contribution in [3.63, 3.8) is 0 Å². The van der Waals surface area contributed by atoms with Gasteiger partial charge < -0.3 is 9.67 Å². The molecule has 1 aromatic heterocycles. The summed E-state index contributed by atoms with van der Waals surface area (Å²) in [6.07, 6.45) is 1.98. The number of aromatic nitrogens is 1. The third-order valence-corrected chi connectivity index (χ3v) is 4.15. The topological polar surface area (TPSA) is 37.5 Å². The Balaban J connectivity index is 2.23. The van der Waals surface area contributed by atoms with Crippen molar-refractivity contribution in [1.29, 1.82) is 0 Å². The van der Waals surface area contributed by atoms with Crippen molar-refractivity contribution in [1.82, 2.24) is 4.57 Å². The first-order chi connectivity index (χ1) is 10.2. The number of aromatic hydroxyl groups is 1. The van der Waals surface area contributed by atoms with Gasteiger partial charge in [0.2, 0.25) is 5.88 Å². The van der Waals surface area contributed by atoms with Crippen LogP contribution in [0.2, 0.25) is 0 Å². The van der Waals surface area contributed by atoms with Crippen LogP contribution in [-0.2, 0) is 7.05 Å². The highest BCUT2D eigenvalue weighted by Gasteiger charge is 2.18. The molecule has 0 aliphatic heterocycles. The van der Waals surface area contributed by atoms with Gasteiger partial charge in [0.25, 0.3) is 0 Å². The number of thioether (sulfide) groups is 1. The summed E-state index contributed by atoms with van der Waals surface area (Å²) >= 11 is 1.54. The van der Waals surface area contributed by atoms with Gasteiger partial charge in [-0.15, -0.1) is 11.8 Å². The zero-order chi connectivity index (χ0) is 14.8. The summed E-state index contributed by atoms with van der Waals surface area (Å²) in [5.41, 5.74) is 2.68. The molecular weight excluding hydrogens is 280 g/mol. The number of hydrogen-bond donors (Lipinski definition) is 1. The van der Waals surface area contributed by atoms with E-state index in [2.05, 4.69) is 4.99 Å². The molecule has 0 atom stereocenters. The number of benzene rings is 2. The molecule has 0 aliphatic carbocycles. The maximum atomic E-state index is 10.5. The molecule has 0 saturated carbocycles. The quantitative estimate of drug-likeness (QED) is 0.564. The van der Waals surface area contributed by atoms with E-state index in [1.54, 1.807) is 4.57 Å². The maximum absolute atomic E-state index is 10.5. The molecule has 3 rings (SSSR count). The molecule has 3 aromatic rings. The first-order valence-corrected chi connectivity index (χ1v) is 7.89. The lowest BCUT2D eigenvalue weighted by molar-refractivity contribution is 0.434. The molecule has 4 heteroatoms. The van der Waals surface area contributed by atoms with Gasteiger partial charge >= 0.3 is 0 Å². The fourth-order valence-corrected chi connectivity index (χ4v) is 3.02. The van der Waals surface area contributed by atoms with Crippen LogP contribution in [-0.4, -0.2) is 21.0 Å². The van der Waals surface area contributed by atoms with E-state index in [0.29, 0.717) is 0 Å². The number of nitrogens with zero attached hydrogens (tertiary/aromatic N) is 2. The largest absolute Gasteiger partial charge is 0.494 e. The van der Waals surface area contributed by atoms with Crippen molar-refractivity contribution in [2.24, 2.45) is 12.0 Å². The van der Waals surface area contributed by atoms with E-state index in [4.69, 9.17) is 0 Å². The molecule has 21 heavy (non-hydrogen) atoms. The molecule has 0 saturated heterocycles. The smallest absolute Gasteiger partial charge is 0.202 e. The number of fused-ring (bicyclic) bond motifs is 1.